The lowest BCUT2D eigenvalue weighted by molar-refractivity contribution is 0.0591. The Morgan fingerprint density at radius 1 is 1.41 bits per heavy atom. The van der Waals surface area contributed by atoms with Gasteiger partial charge in [-0.2, -0.15) is 0 Å². The van der Waals surface area contributed by atoms with Gasteiger partial charge in [-0.1, -0.05) is 11.3 Å². The molecular formula is C14H15F2N3O2S. The van der Waals surface area contributed by atoms with Crippen molar-refractivity contribution < 1.29 is 18.7 Å². The molecule has 0 spiro atoms. The van der Waals surface area contributed by atoms with Crippen molar-refractivity contribution in [2.45, 2.75) is 25.9 Å². The lowest BCUT2D eigenvalue weighted by atomic mass is 10.0. The number of aromatic nitrogens is 1. The lowest BCUT2D eigenvalue weighted by Crippen LogP contribution is -2.23. The van der Waals surface area contributed by atoms with Gasteiger partial charge >= 0.3 is 0 Å². The number of thiazole rings is 1. The fourth-order valence-corrected chi connectivity index (χ4v) is 2.60. The number of carbonyl (C=O) groups excluding carboxylic acids is 1. The number of nitrogen functional groups attached to an aromatic ring is 1. The van der Waals surface area contributed by atoms with E-state index in [0.717, 1.165) is 23.5 Å². The first kappa shape index (κ1) is 16.3. The van der Waals surface area contributed by atoms with E-state index in [4.69, 9.17) is 5.73 Å². The number of halogens is 2. The number of nitrogens with zero attached hydrogens (tertiary/aromatic N) is 1. The first-order chi connectivity index (χ1) is 10.2. The van der Waals surface area contributed by atoms with Crippen LogP contribution in [-0.4, -0.2) is 21.5 Å². The van der Waals surface area contributed by atoms with E-state index in [9.17, 15) is 18.7 Å². The Morgan fingerprint density at radius 3 is 2.68 bits per heavy atom. The Hall–Kier alpha value is -2.06. The topological polar surface area (TPSA) is 88.2 Å². The second-order valence-corrected chi connectivity index (χ2v) is 6.40. The molecule has 1 aromatic heterocycles. The predicted molar refractivity (Wildman–Crippen MR) is 81.4 cm³/mol. The molecule has 0 bridgehead atoms. The molecule has 0 saturated carbocycles. The molecule has 0 aliphatic carbocycles. The van der Waals surface area contributed by atoms with Crippen LogP contribution < -0.4 is 11.1 Å². The Labute approximate surface area is 129 Å². The van der Waals surface area contributed by atoms with E-state index in [1.54, 1.807) is 0 Å². The molecule has 5 nitrogen and oxygen atoms in total. The summed E-state index contributed by atoms with van der Waals surface area (Å²) in [4.78, 5) is 16.2. The number of nitrogens with one attached hydrogen (secondary N) is 1. The largest absolute Gasteiger partial charge is 0.390 e. The lowest BCUT2D eigenvalue weighted by Gasteiger charge is -2.14. The number of anilines is 3. The number of Topliss-reactive ketones (excluding diaryl/α,β-unsaturated/α-hetero) is 1. The molecule has 2 aromatic rings. The molecule has 0 saturated heterocycles. The zero-order chi connectivity index (χ0) is 16.5. The van der Waals surface area contributed by atoms with E-state index in [2.05, 4.69) is 10.3 Å². The number of rotatable bonds is 5. The van der Waals surface area contributed by atoms with Crippen molar-refractivity contribution in [1.82, 2.24) is 4.98 Å². The van der Waals surface area contributed by atoms with Crippen LogP contribution in [-0.2, 0) is 0 Å². The summed E-state index contributed by atoms with van der Waals surface area (Å²) in [6.07, 6.45) is -0.0932. The van der Waals surface area contributed by atoms with Gasteiger partial charge in [0.25, 0.3) is 0 Å². The Balaban J connectivity index is 2.19. The van der Waals surface area contributed by atoms with Gasteiger partial charge in [-0.05, 0) is 26.0 Å². The van der Waals surface area contributed by atoms with Crippen LogP contribution in [0.25, 0.3) is 0 Å². The van der Waals surface area contributed by atoms with Crippen LogP contribution in [0.15, 0.2) is 18.2 Å². The summed E-state index contributed by atoms with van der Waals surface area (Å²) in [6, 6.07) is 3.30. The number of ketones is 1. The van der Waals surface area contributed by atoms with Gasteiger partial charge in [-0.15, -0.1) is 0 Å². The highest BCUT2D eigenvalue weighted by Gasteiger charge is 2.23. The van der Waals surface area contributed by atoms with Crippen molar-refractivity contribution in [3.63, 3.8) is 0 Å². The van der Waals surface area contributed by atoms with E-state index in [0.29, 0.717) is 0 Å². The highest BCUT2D eigenvalue weighted by atomic mass is 32.1. The number of aliphatic hydroxyl groups is 1. The summed E-state index contributed by atoms with van der Waals surface area (Å²) in [5.41, 5.74) is 4.83. The fraction of sp³-hybridized carbons (Fsp3) is 0.286. The van der Waals surface area contributed by atoms with Crippen molar-refractivity contribution in [1.29, 1.82) is 0 Å². The smallest absolute Gasteiger partial charge is 0.189 e. The Morgan fingerprint density at radius 2 is 2.09 bits per heavy atom. The van der Waals surface area contributed by atoms with Gasteiger partial charge in [0.1, 0.15) is 10.7 Å². The van der Waals surface area contributed by atoms with Gasteiger partial charge in [-0.25, -0.2) is 13.8 Å². The summed E-state index contributed by atoms with van der Waals surface area (Å²) >= 11 is 0.989. The second kappa shape index (κ2) is 5.98. The summed E-state index contributed by atoms with van der Waals surface area (Å²) < 4.78 is 26.0. The average molecular weight is 327 g/mol. The standard InChI is InChI=1S/C14H15F2N3O2S/c1-14(2,21)6-10(20)11-12(17)19-13(22-11)18-7-3-4-8(15)9(16)5-7/h3-5,21H,6,17H2,1-2H3,(H,18,19). The predicted octanol–water partition coefficient (Wildman–Crippen LogP) is 3.09. The first-order valence-electron chi connectivity index (χ1n) is 6.39. The molecule has 4 N–H and O–H groups in total. The summed E-state index contributed by atoms with van der Waals surface area (Å²) in [5, 5.41) is 12.7. The number of hydrogen-bond acceptors (Lipinski definition) is 6. The Kier molecular flexibility index (Phi) is 4.43. The molecule has 0 aliphatic rings. The maximum absolute atomic E-state index is 13.1. The summed E-state index contributed by atoms with van der Waals surface area (Å²) in [7, 11) is 0. The minimum absolute atomic E-state index is 0.0318. The van der Waals surface area contributed by atoms with Crippen LogP contribution in [0.3, 0.4) is 0 Å². The van der Waals surface area contributed by atoms with Crippen LogP contribution in [0.2, 0.25) is 0 Å². The maximum atomic E-state index is 13.1. The fourth-order valence-electron chi connectivity index (χ4n) is 1.76. The van der Waals surface area contributed by atoms with Crippen molar-refractivity contribution in [3.8, 4) is 0 Å². The van der Waals surface area contributed by atoms with Gasteiger partial charge in [0.2, 0.25) is 0 Å². The van der Waals surface area contributed by atoms with Crippen molar-refractivity contribution in [2.24, 2.45) is 0 Å². The number of hydrogen-bond donors (Lipinski definition) is 3. The molecule has 0 unspecified atom stereocenters. The van der Waals surface area contributed by atoms with Crippen molar-refractivity contribution in [2.75, 3.05) is 11.1 Å². The van der Waals surface area contributed by atoms with Crippen LogP contribution >= 0.6 is 11.3 Å². The second-order valence-electron chi connectivity index (χ2n) is 5.40. The van der Waals surface area contributed by atoms with Crippen LogP contribution in [0, 0.1) is 11.6 Å². The van der Waals surface area contributed by atoms with Gasteiger partial charge in [-0.3, -0.25) is 4.79 Å². The summed E-state index contributed by atoms with van der Waals surface area (Å²) in [5.74, 6) is -2.25. The third-order valence-corrected chi connectivity index (χ3v) is 3.70. The zero-order valence-electron chi connectivity index (χ0n) is 12.0. The zero-order valence-corrected chi connectivity index (χ0v) is 12.8. The SMILES string of the molecule is CC(C)(O)CC(=O)c1sc(Nc2ccc(F)c(F)c2)nc1N. The maximum Gasteiger partial charge on any atom is 0.189 e. The highest BCUT2D eigenvalue weighted by molar-refractivity contribution is 7.18. The van der Waals surface area contributed by atoms with E-state index in [-0.39, 0.29) is 33.7 Å². The van der Waals surface area contributed by atoms with Gasteiger partial charge in [0.05, 0.1) is 5.60 Å². The molecule has 2 rings (SSSR count). The van der Waals surface area contributed by atoms with E-state index in [1.807, 2.05) is 0 Å². The molecule has 0 aliphatic heterocycles. The molecule has 0 atom stereocenters. The third-order valence-electron chi connectivity index (χ3n) is 2.67. The third kappa shape index (κ3) is 3.99. The number of carbonyl (C=O) groups is 1. The Bertz CT molecular complexity index is 711. The van der Waals surface area contributed by atoms with Crippen LogP contribution in [0.4, 0.5) is 25.4 Å². The minimum atomic E-state index is -1.15. The number of benzene rings is 1. The summed E-state index contributed by atoms with van der Waals surface area (Å²) in [6.45, 7) is 3.03. The molecule has 118 valence electrons. The number of nitrogens with two attached hydrogens (primary N) is 1. The molecule has 8 heteroatoms. The molecule has 0 amide bonds. The molecule has 22 heavy (non-hydrogen) atoms. The van der Waals surface area contributed by atoms with Gasteiger partial charge < -0.3 is 16.2 Å². The highest BCUT2D eigenvalue weighted by Crippen LogP contribution is 2.30. The van der Waals surface area contributed by atoms with E-state index < -0.39 is 17.2 Å². The van der Waals surface area contributed by atoms with Crippen LogP contribution in [0.5, 0.6) is 0 Å². The molecule has 1 aromatic carbocycles. The van der Waals surface area contributed by atoms with Crippen molar-refractivity contribution in [3.05, 3.63) is 34.7 Å². The van der Waals surface area contributed by atoms with Gasteiger partial charge in [0, 0.05) is 18.2 Å². The molecule has 0 fully saturated rings. The monoisotopic (exact) mass is 327 g/mol. The quantitative estimate of drug-likeness (QED) is 0.735. The average Bonchev–Trinajstić information content (AvgIpc) is 2.73. The first-order valence-corrected chi connectivity index (χ1v) is 7.21. The van der Waals surface area contributed by atoms with Crippen molar-refractivity contribution >= 4 is 33.8 Å². The van der Waals surface area contributed by atoms with Gasteiger partial charge in [0.15, 0.2) is 22.5 Å². The minimum Gasteiger partial charge on any atom is -0.390 e. The normalized spacial score (nSPS) is 11.5. The molecule has 0 radical (unpaired) electrons. The van der Waals surface area contributed by atoms with Crippen LogP contribution in [0.1, 0.15) is 29.9 Å². The van der Waals surface area contributed by atoms with E-state index in [1.165, 1.54) is 19.9 Å². The van der Waals surface area contributed by atoms with E-state index >= 15 is 0 Å². The molecule has 1 heterocycles. The molecular weight excluding hydrogens is 312 g/mol.